The zero-order valence-corrected chi connectivity index (χ0v) is 16.6. The van der Waals surface area contributed by atoms with Gasteiger partial charge in [0.25, 0.3) is 11.8 Å². The molecule has 2 amide bonds. The Hall–Kier alpha value is -2.63. The Morgan fingerprint density at radius 2 is 1.83 bits per heavy atom. The molecule has 3 atom stereocenters. The highest BCUT2D eigenvalue weighted by molar-refractivity contribution is 6.58. The first-order valence-electron chi connectivity index (χ1n) is 8.88. The van der Waals surface area contributed by atoms with E-state index in [2.05, 4.69) is 6.58 Å². The van der Waals surface area contributed by atoms with Gasteiger partial charge >= 0.3 is 0 Å². The van der Waals surface area contributed by atoms with Crippen molar-refractivity contribution in [3.8, 4) is 5.75 Å². The fraction of sp³-hybridized carbons (Fsp3) is 0.182. The minimum absolute atomic E-state index is 0.0101. The molecule has 1 aliphatic heterocycles. The molecule has 29 heavy (non-hydrogen) atoms. The second kappa shape index (κ2) is 6.71. The molecule has 0 spiro atoms. The van der Waals surface area contributed by atoms with Crippen LogP contribution in [0.15, 0.2) is 72.8 Å². The average Bonchev–Trinajstić information content (AvgIpc) is 2.85. The predicted molar refractivity (Wildman–Crippen MR) is 110 cm³/mol. The van der Waals surface area contributed by atoms with Crippen molar-refractivity contribution in [1.29, 1.82) is 0 Å². The molecule has 4 nitrogen and oxygen atoms in total. The number of anilines is 1. The molecule has 1 fully saturated rings. The number of halogens is 3. The quantitative estimate of drug-likeness (QED) is 0.567. The summed E-state index contributed by atoms with van der Waals surface area (Å²) in [6, 6.07) is 11.3. The Morgan fingerprint density at radius 3 is 2.45 bits per heavy atom. The van der Waals surface area contributed by atoms with Crippen LogP contribution < -0.4 is 4.90 Å². The van der Waals surface area contributed by atoms with Gasteiger partial charge in [-0.1, -0.05) is 30.9 Å². The molecule has 2 aliphatic rings. The number of phenolic OH excluding ortho intramolecular Hbond substituents is 1. The van der Waals surface area contributed by atoms with Crippen LogP contribution in [0.25, 0.3) is 0 Å². The van der Waals surface area contributed by atoms with Gasteiger partial charge in [0.05, 0.1) is 5.69 Å². The van der Waals surface area contributed by atoms with Gasteiger partial charge in [-0.2, -0.15) is 0 Å². The summed E-state index contributed by atoms with van der Waals surface area (Å²) in [4.78, 5) is 24.2. The molecule has 2 aromatic carbocycles. The summed E-state index contributed by atoms with van der Waals surface area (Å²) in [5, 5.41) is 9.95. The third-order valence-electron chi connectivity index (χ3n) is 5.51. The lowest BCUT2D eigenvalue weighted by atomic mass is 9.68. The van der Waals surface area contributed by atoms with Gasteiger partial charge in [-0.3, -0.25) is 9.59 Å². The maximum absolute atomic E-state index is 13.6. The molecule has 3 unspecified atom stereocenters. The lowest BCUT2D eigenvalue weighted by Gasteiger charge is -2.42. The van der Waals surface area contributed by atoms with E-state index in [1.54, 1.807) is 24.3 Å². The zero-order chi connectivity index (χ0) is 21.0. The molecule has 148 valence electrons. The predicted octanol–water partition coefficient (Wildman–Crippen LogP) is 4.66. The van der Waals surface area contributed by atoms with E-state index in [0.717, 1.165) is 17.0 Å². The van der Waals surface area contributed by atoms with Crippen molar-refractivity contribution in [3.05, 3.63) is 84.2 Å². The van der Waals surface area contributed by atoms with E-state index in [-0.39, 0.29) is 17.9 Å². The fourth-order valence-electron chi connectivity index (χ4n) is 4.10. The van der Waals surface area contributed by atoms with Crippen molar-refractivity contribution < 1.29 is 19.1 Å². The largest absolute Gasteiger partial charge is 0.508 e. The summed E-state index contributed by atoms with van der Waals surface area (Å²) in [7, 11) is 0. The SMILES string of the molecule is C=CC1=CCC2(Cl)C(=O)N(c3ccc(F)cc3)C(=O)C2(Cl)C1c1cccc(O)c1. The van der Waals surface area contributed by atoms with Crippen LogP contribution in [0.5, 0.6) is 5.75 Å². The number of allylic oxidation sites excluding steroid dienone is 3. The first-order valence-corrected chi connectivity index (χ1v) is 9.63. The van der Waals surface area contributed by atoms with Crippen molar-refractivity contribution in [1.82, 2.24) is 0 Å². The highest BCUT2D eigenvalue weighted by atomic mass is 35.5. The number of carbonyl (C=O) groups is 2. The Morgan fingerprint density at radius 1 is 1.14 bits per heavy atom. The summed E-state index contributed by atoms with van der Waals surface area (Å²) >= 11 is 13.8. The van der Waals surface area contributed by atoms with Gasteiger partial charge in [0.1, 0.15) is 11.6 Å². The van der Waals surface area contributed by atoms with E-state index in [0.29, 0.717) is 11.1 Å². The molecule has 0 radical (unpaired) electrons. The Balaban J connectivity index is 1.92. The van der Waals surface area contributed by atoms with Crippen LogP contribution >= 0.6 is 23.2 Å². The molecule has 0 bridgehead atoms. The van der Waals surface area contributed by atoms with Gasteiger partial charge in [-0.25, -0.2) is 9.29 Å². The number of imide groups is 1. The van der Waals surface area contributed by atoms with Crippen LogP contribution in [-0.4, -0.2) is 26.7 Å². The average molecular weight is 432 g/mol. The van der Waals surface area contributed by atoms with Gasteiger partial charge in [-0.15, -0.1) is 23.2 Å². The van der Waals surface area contributed by atoms with Gasteiger partial charge in [-0.05, 0) is 54.0 Å². The third kappa shape index (κ3) is 2.65. The van der Waals surface area contributed by atoms with Gasteiger partial charge in [0, 0.05) is 5.92 Å². The molecule has 1 N–H and O–H groups in total. The molecule has 2 aromatic rings. The molecule has 0 aromatic heterocycles. The first kappa shape index (κ1) is 19.7. The number of fused-ring (bicyclic) bond motifs is 1. The molecule has 1 saturated heterocycles. The molecule has 1 heterocycles. The smallest absolute Gasteiger partial charge is 0.258 e. The number of amides is 2. The van der Waals surface area contributed by atoms with E-state index in [1.807, 2.05) is 0 Å². The van der Waals surface area contributed by atoms with Crippen molar-refractivity contribution in [2.75, 3.05) is 4.90 Å². The number of nitrogens with zero attached hydrogens (tertiary/aromatic N) is 1. The summed E-state index contributed by atoms with van der Waals surface area (Å²) in [5.41, 5.74) is 1.34. The van der Waals surface area contributed by atoms with E-state index in [4.69, 9.17) is 23.2 Å². The second-order valence-corrected chi connectivity index (χ2v) is 8.32. The van der Waals surface area contributed by atoms with Crippen LogP contribution in [0.3, 0.4) is 0 Å². The van der Waals surface area contributed by atoms with Crippen LogP contribution in [0.1, 0.15) is 17.9 Å². The molecular weight excluding hydrogens is 416 g/mol. The van der Waals surface area contributed by atoms with Crippen LogP contribution in [0, 0.1) is 5.82 Å². The molecule has 1 aliphatic carbocycles. The third-order valence-corrected chi connectivity index (χ3v) is 6.92. The number of hydrogen-bond donors (Lipinski definition) is 1. The number of alkyl halides is 2. The van der Waals surface area contributed by atoms with Crippen molar-refractivity contribution in [3.63, 3.8) is 0 Å². The Kier molecular flexibility index (Phi) is 4.56. The second-order valence-electron chi connectivity index (χ2n) is 7.08. The van der Waals surface area contributed by atoms with Crippen LogP contribution in [0.2, 0.25) is 0 Å². The van der Waals surface area contributed by atoms with E-state index in [1.165, 1.54) is 24.3 Å². The maximum atomic E-state index is 13.6. The van der Waals surface area contributed by atoms with Crippen molar-refractivity contribution >= 4 is 40.7 Å². The number of aromatic hydroxyl groups is 1. The maximum Gasteiger partial charge on any atom is 0.258 e. The number of rotatable bonds is 3. The minimum atomic E-state index is -1.86. The van der Waals surface area contributed by atoms with Gasteiger partial charge < -0.3 is 5.11 Å². The van der Waals surface area contributed by atoms with Crippen LogP contribution in [0.4, 0.5) is 10.1 Å². The lowest BCUT2D eigenvalue weighted by Crippen LogP contribution is -2.54. The Bertz CT molecular complexity index is 1070. The topological polar surface area (TPSA) is 57.6 Å². The van der Waals surface area contributed by atoms with Crippen LogP contribution in [-0.2, 0) is 9.59 Å². The van der Waals surface area contributed by atoms with Crippen molar-refractivity contribution in [2.45, 2.75) is 22.1 Å². The standard InChI is InChI=1S/C22H16Cl2FNO3/c1-2-13-10-11-21(23)19(28)26(16-8-6-15(25)7-9-16)20(29)22(21,24)18(13)14-4-3-5-17(27)12-14/h2-10,12,18,27H,1,11H2. The van der Waals surface area contributed by atoms with Gasteiger partial charge in [0.15, 0.2) is 9.75 Å². The number of hydrogen-bond acceptors (Lipinski definition) is 3. The van der Waals surface area contributed by atoms with E-state index < -0.39 is 33.3 Å². The molecule has 4 rings (SSSR count). The Labute approximate surface area is 176 Å². The first-order chi connectivity index (χ1) is 13.7. The number of phenols is 1. The minimum Gasteiger partial charge on any atom is -0.508 e. The van der Waals surface area contributed by atoms with Crippen molar-refractivity contribution in [2.24, 2.45) is 0 Å². The van der Waals surface area contributed by atoms with E-state index >= 15 is 0 Å². The zero-order valence-electron chi connectivity index (χ0n) is 15.1. The highest BCUT2D eigenvalue weighted by Gasteiger charge is 2.73. The molecular formula is C22H16Cl2FNO3. The summed E-state index contributed by atoms with van der Waals surface area (Å²) in [5.74, 6) is -2.70. The number of carbonyl (C=O) groups excluding carboxylic acids is 2. The fourth-order valence-corrected chi connectivity index (χ4v) is 4.95. The summed E-state index contributed by atoms with van der Waals surface area (Å²) in [6.07, 6.45) is 3.32. The number of benzene rings is 2. The molecule has 7 heteroatoms. The van der Waals surface area contributed by atoms with Gasteiger partial charge in [0.2, 0.25) is 0 Å². The lowest BCUT2D eigenvalue weighted by molar-refractivity contribution is -0.122. The molecule has 0 saturated carbocycles. The summed E-state index contributed by atoms with van der Waals surface area (Å²) < 4.78 is 13.3. The summed E-state index contributed by atoms with van der Waals surface area (Å²) in [6.45, 7) is 3.80. The monoisotopic (exact) mass is 431 g/mol. The normalized spacial score (nSPS) is 28.9. The van der Waals surface area contributed by atoms with E-state index in [9.17, 15) is 19.1 Å². The highest BCUT2D eigenvalue weighted by Crippen LogP contribution is 2.59.